The fourth-order valence-electron chi connectivity index (χ4n) is 1.53. The molecular formula is C13H23NO. The highest BCUT2D eigenvalue weighted by molar-refractivity contribution is 5.01. The molecule has 0 amide bonds. The molecule has 0 aromatic heterocycles. The Balaban J connectivity index is 3.73. The van der Waals surface area contributed by atoms with Gasteiger partial charge in [0.1, 0.15) is 0 Å². The second kappa shape index (κ2) is 9.73. The molecule has 15 heavy (non-hydrogen) atoms. The van der Waals surface area contributed by atoms with Gasteiger partial charge in [0.15, 0.2) is 0 Å². The Hall–Kier alpha value is -0.810. The predicted octanol–water partition coefficient (Wildman–Crippen LogP) is 3.83. The number of hydrogen-bond acceptors (Lipinski definition) is 2. The van der Waals surface area contributed by atoms with Gasteiger partial charge >= 0.3 is 0 Å². The molecule has 2 heteroatoms. The van der Waals surface area contributed by atoms with Gasteiger partial charge in [-0.3, -0.25) is 0 Å². The SMILES string of the molecule is C=C(CCCCC)C(CC)OCCC#N. The summed E-state index contributed by atoms with van der Waals surface area (Å²) in [6, 6.07) is 2.08. The van der Waals surface area contributed by atoms with Crippen LogP contribution in [0.1, 0.15) is 52.4 Å². The molecule has 0 aliphatic rings. The summed E-state index contributed by atoms with van der Waals surface area (Å²) in [6.45, 7) is 8.90. The highest BCUT2D eigenvalue weighted by atomic mass is 16.5. The molecule has 86 valence electrons. The van der Waals surface area contributed by atoms with Crippen molar-refractivity contribution in [3.8, 4) is 6.07 Å². The maximum atomic E-state index is 8.41. The highest BCUT2D eigenvalue weighted by Gasteiger charge is 2.09. The van der Waals surface area contributed by atoms with E-state index in [1.54, 1.807) is 0 Å². The Labute approximate surface area is 93.9 Å². The summed E-state index contributed by atoms with van der Waals surface area (Å²) >= 11 is 0. The molecule has 0 saturated heterocycles. The van der Waals surface area contributed by atoms with E-state index in [-0.39, 0.29) is 6.10 Å². The Morgan fingerprint density at radius 1 is 1.40 bits per heavy atom. The van der Waals surface area contributed by atoms with Crippen molar-refractivity contribution in [2.24, 2.45) is 0 Å². The Kier molecular flexibility index (Phi) is 9.21. The molecule has 0 aromatic carbocycles. The standard InChI is InChI=1S/C13H23NO/c1-4-6-7-9-12(3)13(5-2)15-11-8-10-14/h13H,3-9,11H2,1-2H3. The van der Waals surface area contributed by atoms with Crippen molar-refractivity contribution in [2.75, 3.05) is 6.61 Å². The lowest BCUT2D eigenvalue weighted by Gasteiger charge is -2.18. The van der Waals surface area contributed by atoms with E-state index in [9.17, 15) is 0 Å². The van der Waals surface area contributed by atoms with Gasteiger partial charge in [0, 0.05) is 0 Å². The Morgan fingerprint density at radius 3 is 2.67 bits per heavy atom. The van der Waals surface area contributed by atoms with Gasteiger partial charge in [0.25, 0.3) is 0 Å². The zero-order valence-corrected chi connectivity index (χ0v) is 10.1. The number of unbranched alkanes of at least 4 members (excludes halogenated alkanes) is 2. The van der Waals surface area contributed by atoms with Crippen molar-refractivity contribution < 1.29 is 4.74 Å². The molecule has 0 N–H and O–H groups in total. The second-order valence-corrected chi connectivity index (χ2v) is 3.79. The first-order valence-corrected chi connectivity index (χ1v) is 5.92. The van der Waals surface area contributed by atoms with Gasteiger partial charge in [-0.1, -0.05) is 33.3 Å². The zero-order chi connectivity index (χ0) is 11.5. The van der Waals surface area contributed by atoms with Gasteiger partial charge in [-0.25, -0.2) is 0 Å². The maximum absolute atomic E-state index is 8.41. The van der Waals surface area contributed by atoms with Crippen LogP contribution in [0.3, 0.4) is 0 Å². The smallest absolute Gasteiger partial charge is 0.0780 e. The molecule has 0 heterocycles. The van der Waals surface area contributed by atoms with Crippen LogP contribution >= 0.6 is 0 Å². The van der Waals surface area contributed by atoms with Crippen LogP contribution < -0.4 is 0 Å². The molecule has 0 radical (unpaired) electrons. The molecule has 0 rings (SSSR count). The molecule has 0 saturated carbocycles. The van der Waals surface area contributed by atoms with Crippen LogP contribution in [0.5, 0.6) is 0 Å². The lowest BCUT2D eigenvalue weighted by Crippen LogP contribution is -2.15. The van der Waals surface area contributed by atoms with Crippen LogP contribution in [0.25, 0.3) is 0 Å². The molecule has 1 atom stereocenters. The minimum Gasteiger partial charge on any atom is -0.373 e. The average Bonchev–Trinajstić information content (AvgIpc) is 2.24. The van der Waals surface area contributed by atoms with Gasteiger partial charge in [0.2, 0.25) is 0 Å². The topological polar surface area (TPSA) is 33.0 Å². The van der Waals surface area contributed by atoms with E-state index in [0.29, 0.717) is 13.0 Å². The minimum atomic E-state index is 0.148. The van der Waals surface area contributed by atoms with Gasteiger partial charge in [-0.05, 0) is 24.8 Å². The highest BCUT2D eigenvalue weighted by Crippen LogP contribution is 2.16. The first kappa shape index (κ1) is 14.2. The predicted molar refractivity (Wildman–Crippen MR) is 63.5 cm³/mol. The van der Waals surface area contributed by atoms with Crippen molar-refractivity contribution >= 4 is 0 Å². The van der Waals surface area contributed by atoms with Crippen LogP contribution in [0.2, 0.25) is 0 Å². The molecule has 0 aliphatic carbocycles. The van der Waals surface area contributed by atoms with Crippen LogP contribution in [0.15, 0.2) is 12.2 Å². The van der Waals surface area contributed by atoms with E-state index in [4.69, 9.17) is 10.00 Å². The molecule has 2 nitrogen and oxygen atoms in total. The van der Waals surface area contributed by atoms with E-state index in [2.05, 4.69) is 26.5 Å². The van der Waals surface area contributed by atoms with Gasteiger partial charge in [-0.15, -0.1) is 0 Å². The lowest BCUT2D eigenvalue weighted by atomic mass is 10.0. The summed E-state index contributed by atoms with van der Waals surface area (Å²) in [6.07, 6.45) is 6.32. The summed E-state index contributed by atoms with van der Waals surface area (Å²) in [7, 11) is 0. The lowest BCUT2D eigenvalue weighted by molar-refractivity contribution is 0.0771. The summed E-state index contributed by atoms with van der Waals surface area (Å²) in [5.41, 5.74) is 1.18. The number of nitriles is 1. The maximum Gasteiger partial charge on any atom is 0.0780 e. The molecule has 0 spiro atoms. The van der Waals surface area contributed by atoms with Crippen molar-refractivity contribution in [3.63, 3.8) is 0 Å². The van der Waals surface area contributed by atoms with Crippen molar-refractivity contribution in [1.29, 1.82) is 5.26 Å². The van der Waals surface area contributed by atoms with Gasteiger partial charge < -0.3 is 4.74 Å². The molecule has 0 aliphatic heterocycles. The van der Waals surface area contributed by atoms with E-state index < -0.39 is 0 Å². The molecule has 1 unspecified atom stereocenters. The van der Waals surface area contributed by atoms with Crippen LogP contribution in [-0.2, 0) is 4.74 Å². The third kappa shape index (κ3) is 7.16. The molecular weight excluding hydrogens is 186 g/mol. The normalized spacial score (nSPS) is 12.1. The van der Waals surface area contributed by atoms with Crippen molar-refractivity contribution in [3.05, 3.63) is 12.2 Å². The Bertz CT molecular complexity index is 205. The largest absolute Gasteiger partial charge is 0.373 e. The molecule has 0 aromatic rings. The summed E-state index contributed by atoms with van der Waals surface area (Å²) in [4.78, 5) is 0. The van der Waals surface area contributed by atoms with E-state index in [1.807, 2.05) is 0 Å². The number of rotatable bonds is 9. The summed E-state index contributed by atoms with van der Waals surface area (Å²) in [5, 5.41) is 8.41. The summed E-state index contributed by atoms with van der Waals surface area (Å²) < 4.78 is 5.60. The monoisotopic (exact) mass is 209 g/mol. The van der Waals surface area contributed by atoms with Crippen LogP contribution in [-0.4, -0.2) is 12.7 Å². The fraction of sp³-hybridized carbons (Fsp3) is 0.769. The molecule has 0 bridgehead atoms. The minimum absolute atomic E-state index is 0.148. The third-order valence-corrected chi connectivity index (χ3v) is 2.46. The van der Waals surface area contributed by atoms with E-state index >= 15 is 0 Å². The van der Waals surface area contributed by atoms with Crippen molar-refractivity contribution in [1.82, 2.24) is 0 Å². The number of nitrogens with zero attached hydrogens (tertiary/aromatic N) is 1. The third-order valence-electron chi connectivity index (χ3n) is 2.46. The number of ether oxygens (including phenoxy) is 1. The fourth-order valence-corrected chi connectivity index (χ4v) is 1.53. The van der Waals surface area contributed by atoms with Gasteiger partial charge in [-0.2, -0.15) is 5.26 Å². The quantitative estimate of drug-likeness (QED) is 0.427. The molecule has 0 fully saturated rings. The first-order chi connectivity index (χ1) is 7.26. The second-order valence-electron chi connectivity index (χ2n) is 3.79. The van der Waals surface area contributed by atoms with Crippen LogP contribution in [0.4, 0.5) is 0 Å². The van der Waals surface area contributed by atoms with E-state index in [1.165, 1.54) is 24.8 Å². The van der Waals surface area contributed by atoms with Crippen LogP contribution in [0, 0.1) is 11.3 Å². The van der Waals surface area contributed by atoms with Crippen molar-refractivity contribution in [2.45, 2.75) is 58.5 Å². The first-order valence-electron chi connectivity index (χ1n) is 5.92. The number of hydrogen-bond donors (Lipinski definition) is 0. The summed E-state index contributed by atoms with van der Waals surface area (Å²) in [5.74, 6) is 0. The average molecular weight is 209 g/mol. The van der Waals surface area contributed by atoms with E-state index in [0.717, 1.165) is 12.8 Å². The zero-order valence-electron chi connectivity index (χ0n) is 10.1. The Morgan fingerprint density at radius 2 is 2.13 bits per heavy atom. The van der Waals surface area contributed by atoms with Gasteiger partial charge in [0.05, 0.1) is 25.2 Å².